The first-order chi connectivity index (χ1) is 20.0. The summed E-state index contributed by atoms with van der Waals surface area (Å²) in [5, 5.41) is 5.27. The molecule has 4 aromatic rings. The third kappa shape index (κ3) is 4.15. The molecule has 2 aromatic carbocycles. The van der Waals surface area contributed by atoms with Gasteiger partial charge < -0.3 is 15.0 Å². The van der Waals surface area contributed by atoms with Crippen LogP contribution in [-0.2, 0) is 0 Å². The van der Waals surface area contributed by atoms with Crippen LogP contribution in [0.25, 0.3) is 32.9 Å². The monoisotopic (exact) mass is 576 g/mol. The summed E-state index contributed by atoms with van der Waals surface area (Å²) in [4.78, 5) is 18.8. The molecule has 2 unspecified atom stereocenters. The highest BCUT2D eigenvalue weighted by atomic mass is 35.5. The van der Waals surface area contributed by atoms with Crippen LogP contribution in [0.15, 0.2) is 36.5 Å². The van der Waals surface area contributed by atoms with Crippen molar-refractivity contribution in [2.75, 3.05) is 37.7 Å². The molecule has 4 saturated heterocycles. The molecule has 6 heterocycles. The van der Waals surface area contributed by atoms with Crippen LogP contribution in [0.4, 0.5) is 14.6 Å². The first kappa shape index (κ1) is 25.6. The molecule has 2 aromatic heterocycles. The van der Waals surface area contributed by atoms with Gasteiger partial charge >= 0.3 is 6.01 Å². The van der Waals surface area contributed by atoms with Crippen LogP contribution in [0.2, 0.25) is 5.02 Å². The molecule has 8 rings (SSSR count). The predicted molar refractivity (Wildman–Crippen MR) is 156 cm³/mol. The van der Waals surface area contributed by atoms with Gasteiger partial charge in [-0.05, 0) is 63.1 Å². The number of aromatic nitrogens is 3. The lowest BCUT2D eigenvalue weighted by atomic mass is 9.95. The van der Waals surface area contributed by atoms with Crippen molar-refractivity contribution < 1.29 is 13.5 Å². The first-order valence-corrected chi connectivity index (χ1v) is 15.0. The Morgan fingerprint density at radius 3 is 2.59 bits per heavy atom. The zero-order valence-corrected chi connectivity index (χ0v) is 23.4. The maximum absolute atomic E-state index is 16.6. The van der Waals surface area contributed by atoms with E-state index >= 15 is 4.39 Å². The van der Waals surface area contributed by atoms with Crippen molar-refractivity contribution in [3.63, 3.8) is 0 Å². The highest BCUT2D eigenvalue weighted by Crippen LogP contribution is 2.41. The molecule has 4 aliphatic rings. The molecule has 212 valence electrons. The van der Waals surface area contributed by atoms with Gasteiger partial charge in [-0.2, -0.15) is 9.97 Å². The standard InChI is InChI=1S/C31H31ClF2N6O/c32-25-23(33)9-6-18-4-1-5-21(24(18)25)27-26(34)28-22(14-35-27)29(39-15-19-7-8-20(16-39)36-19)38-30(37-28)41-17-31-10-2-12-40(31)13-3-11-31/h1,4-6,9,14,19-20,36H,2-3,7-8,10-13,15-17H2. The fourth-order valence-corrected chi connectivity index (χ4v) is 7.93. The van der Waals surface area contributed by atoms with E-state index in [-0.39, 0.29) is 27.8 Å². The fourth-order valence-electron chi connectivity index (χ4n) is 7.65. The van der Waals surface area contributed by atoms with Crippen LogP contribution in [0.3, 0.4) is 0 Å². The first-order valence-electron chi connectivity index (χ1n) is 14.6. The lowest BCUT2D eigenvalue weighted by Crippen LogP contribution is -2.51. The third-order valence-electron chi connectivity index (χ3n) is 9.63. The number of hydrogen-bond acceptors (Lipinski definition) is 7. The van der Waals surface area contributed by atoms with E-state index in [0.717, 1.165) is 64.7 Å². The third-order valence-corrected chi connectivity index (χ3v) is 10.0. The Morgan fingerprint density at radius 1 is 1.02 bits per heavy atom. The Balaban J connectivity index is 1.26. The zero-order chi connectivity index (χ0) is 27.7. The van der Waals surface area contributed by atoms with Crippen LogP contribution in [0, 0.1) is 11.6 Å². The molecule has 0 spiro atoms. The maximum Gasteiger partial charge on any atom is 0.319 e. The van der Waals surface area contributed by atoms with Gasteiger partial charge in [-0.25, -0.2) is 8.78 Å². The van der Waals surface area contributed by atoms with Gasteiger partial charge in [0.15, 0.2) is 5.82 Å². The fraction of sp³-hybridized carbons (Fsp3) is 0.452. The van der Waals surface area contributed by atoms with E-state index in [4.69, 9.17) is 21.3 Å². The number of rotatable bonds is 5. The second kappa shape index (κ2) is 9.71. The summed E-state index contributed by atoms with van der Waals surface area (Å²) < 4.78 is 37.4. The molecule has 4 aliphatic heterocycles. The molecule has 0 amide bonds. The van der Waals surface area contributed by atoms with Crippen molar-refractivity contribution in [1.82, 2.24) is 25.2 Å². The number of halogens is 3. The number of hydrogen-bond donors (Lipinski definition) is 1. The molecule has 2 bridgehead atoms. The minimum atomic E-state index is -0.594. The summed E-state index contributed by atoms with van der Waals surface area (Å²) in [7, 11) is 0. The largest absolute Gasteiger partial charge is 0.461 e. The molecule has 7 nitrogen and oxygen atoms in total. The summed E-state index contributed by atoms with van der Waals surface area (Å²) in [5.74, 6) is -0.507. The number of fused-ring (bicyclic) bond motifs is 5. The molecule has 41 heavy (non-hydrogen) atoms. The van der Waals surface area contributed by atoms with Gasteiger partial charge in [-0.15, -0.1) is 0 Å². The normalized spacial score (nSPS) is 23.5. The average molecular weight is 577 g/mol. The summed E-state index contributed by atoms with van der Waals surface area (Å²) in [6.07, 6.45) is 8.37. The van der Waals surface area contributed by atoms with E-state index in [1.807, 2.05) is 6.07 Å². The van der Waals surface area contributed by atoms with Crippen LogP contribution >= 0.6 is 11.6 Å². The van der Waals surface area contributed by atoms with Gasteiger partial charge in [0, 0.05) is 42.3 Å². The second-order valence-corrected chi connectivity index (χ2v) is 12.4. The summed E-state index contributed by atoms with van der Waals surface area (Å²) >= 11 is 6.40. The Bertz CT molecular complexity index is 1660. The van der Waals surface area contributed by atoms with Crippen LogP contribution in [-0.4, -0.2) is 70.3 Å². The quantitative estimate of drug-likeness (QED) is 0.326. The molecule has 0 radical (unpaired) electrons. The van der Waals surface area contributed by atoms with Gasteiger partial charge in [-0.3, -0.25) is 9.88 Å². The highest BCUT2D eigenvalue weighted by Gasteiger charge is 2.45. The van der Waals surface area contributed by atoms with E-state index in [0.29, 0.717) is 46.2 Å². The summed E-state index contributed by atoms with van der Waals surface area (Å²) in [6.45, 7) is 4.23. The highest BCUT2D eigenvalue weighted by molar-refractivity contribution is 6.36. The van der Waals surface area contributed by atoms with Crippen LogP contribution in [0.1, 0.15) is 38.5 Å². The lowest BCUT2D eigenvalue weighted by Gasteiger charge is -2.34. The molecule has 2 atom stereocenters. The molecule has 0 aliphatic carbocycles. The Kier molecular flexibility index (Phi) is 6.05. The smallest absolute Gasteiger partial charge is 0.319 e. The number of piperazine rings is 1. The average Bonchev–Trinajstić information content (AvgIpc) is 3.67. The maximum atomic E-state index is 16.6. The van der Waals surface area contributed by atoms with Gasteiger partial charge in [0.2, 0.25) is 0 Å². The van der Waals surface area contributed by atoms with Gasteiger partial charge in [0.1, 0.15) is 29.5 Å². The van der Waals surface area contributed by atoms with Gasteiger partial charge in [0.25, 0.3) is 0 Å². The van der Waals surface area contributed by atoms with E-state index < -0.39 is 11.6 Å². The van der Waals surface area contributed by atoms with Crippen molar-refractivity contribution in [1.29, 1.82) is 0 Å². The number of anilines is 1. The van der Waals surface area contributed by atoms with Crippen molar-refractivity contribution in [3.8, 4) is 17.3 Å². The Labute approximate surface area is 241 Å². The molecule has 4 fully saturated rings. The number of nitrogens with zero attached hydrogens (tertiary/aromatic N) is 5. The summed E-state index contributed by atoms with van der Waals surface area (Å²) in [6, 6.07) is 9.21. The second-order valence-electron chi connectivity index (χ2n) is 12.0. The van der Waals surface area contributed by atoms with E-state index in [9.17, 15) is 4.39 Å². The van der Waals surface area contributed by atoms with Crippen molar-refractivity contribution in [2.45, 2.75) is 56.1 Å². The molecule has 0 saturated carbocycles. The topological polar surface area (TPSA) is 66.4 Å². The number of benzene rings is 2. The molecular formula is C31H31ClF2N6O. The lowest BCUT2D eigenvalue weighted by molar-refractivity contribution is 0.108. The van der Waals surface area contributed by atoms with Crippen LogP contribution in [0.5, 0.6) is 6.01 Å². The zero-order valence-electron chi connectivity index (χ0n) is 22.7. The van der Waals surface area contributed by atoms with E-state index in [2.05, 4.69) is 25.1 Å². The number of ether oxygens (including phenoxy) is 1. The molecular weight excluding hydrogens is 546 g/mol. The number of nitrogens with one attached hydrogen (secondary N) is 1. The Hall–Kier alpha value is -3.14. The van der Waals surface area contributed by atoms with Crippen LogP contribution < -0.4 is 15.0 Å². The minimum Gasteiger partial charge on any atom is -0.461 e. The van der Waals surface area contributed by atoms with Crippen molar-refractivity contribution in [3.05, 3.63) is 53.2 Å². The number of pyridine rings is 1. The van der Waals surface area contributed by atoms with E-state index in [1.165, 1.54) is 6.07 Å². The van der Waals surface area contributed by atoms with E-state index in [1.54, 1.807) is 24.4 Å². The van der Waals surface area contributed by atoms with Crippen molar-refractivity contribution in [2.24, 2.45) is 0 Å². The van der Waals surface area contributed by atoms with Gasteiger partial charge in [0.05, 0.1) is 15.9 Å². The SMILES string of the molecule is Fc1ccc2cccc(-c3ncc4c(N5CC6CCC(C5)N6)nc(OCC56CCCN5CCC6)nc4c3F)c2c1Cl. The predicted octanol–water partition coefficient (Wildman–Crippen LogP) is 5.72. The molecule has 1 N–H and O–H groups in total. The minimum absolute atomic E-state index is 0.0123. The summed E-state index contributed by atoms with van der Waals surface area (Å²) in [5.41, 5.74) is 0.652. The Morgan fingerprint density at radius 2 is 1.80 bits per heavy atom. The van der Waals surface area contributed by atoms with Crippen molar-refractivity contribution >= 4 is 39.1 Å². The molecule has 10 heteroatoms. The van der Waals surface area contributed by atoms with Gasteiger partial charge in [-0.1, -0.05) is 35.9 Å².